The molecule has 4 aromatic heterocycles. The highest BCUT2D eigenvalue weighted by molar-refractivity contribution is 7.26. The lowest BCUT2D eigenvalue weighted by Gasteiger charge is -1.87. The van der Waals surface area contributed by atoms with Crippen molar-refractivity contribution in [1.29, 1.82) is 0 Å². The largest absolute Gasteiger partial charge is 0.255 e. The van der Waals surface area contributed by atoms with E-state index in [0.29, 0.717) is 0 Å². The molecule has 0 aliphatic rings. The lowest BCUT2D eigenvalue weighted by Crippen LogP contribution is -1.69. The summed E-state index contributed by atoms with van der Waals surface area (Å²) in [5, 5.41) is 2.53. The second-order valence-electron chi connectivity index (χ2n) is 5.90. The normalized spacial score (nSPS) is 11.1. The number of fused-ring (bicyclic) bond motifs is 6. The molecule has 0 amide bonds. The van der Waals surface area contributed by atoms with Gasteiger partial charge in [0, 0.05) is 32.6 Å². The maximum absolute atomic E-state index is 4.38. The van der Waals surface area contributed by atoms with Crippen molar-refractivity contribution in [3.8, 4) is 0 Å². The van der Waals surface area contributed by atoms with Crippen LogP contribution in [0.3, 0.4) is 0 Å². The van der Waals surface area contributed by atoms with Crippen LogP contribution in [0.5, 0.6) is 0 Å². The first-order valence-electron chi connectivity index (χ1n) is 8.35. The van der Waals surface area contributed by atoms with Crippen LogP contribution in [0.15, 0.2) is 85.2 Å². The van der Waals surface area contributed by atoms with Gasteiger partial charge in [-0.05, 0) is 36.4 Å². The van der Waals surface area contributed by atoms with Gasteiger partial charge in [-0.15, -0.1) is 22.7 Å². The second-order valence-corrected chi connectivity index (χ2v) is 8.06. The van der Waals surface area contributed by atoms with Gasteiger partial charge < -0.3 is 0 Å². The molecule has 0 N–H and O–H groups in total. The van der Waals surface area contributed by atoms with Crippen LogP contribution in [0.1, 0.15) is 0 Å². The van der Waals surface area contributed by atoms with Gasteiger partial charge in [0.25, 0.3) is 0 Å². The number of rotatable bonds is 0. The first-order valence-corrected chi connectivity index (χ1v) is 9.98. The minimum atomic E-state index is 1.13. The monoisotopic (exact) mass is 370 g/mol. The quantitative estimate of drug-likeness (QED) is 0.291. The minimum absolute atomic E-state index is 1.13. The number of thiophene rings is 2. The summed E-state index contributed by atoms with van der Waals surface area (Å²) >= 11 is 3.60. The molecule has 0 spiro atoms. The zero-order chi connectivity index (χ0) is 17.3. The Bertz CT molecular complexity index is 1140. The average Bonchev–Trinajstić information content (AvgIpc) is 3.27. The molecule has 0 aliphatic carbocycles. The Morgan fingerprint density at radius 2 is 0.885 bits per heavy atom. The van der Waals surface area contributed by atoms with E-state index < -0.39 is 0 Å². The summed E-state index contributed by atoms with van der Waals surface area (Å²) in [6, 6.07) is 25.0. The number of hydrogen-bond acceptors (Lipinski definition) is 4. The Balaban J connectivity index is 0.000000115. The van der Waals surface area contributed by atoms with Crippen LogP contribution >= 0.6 is 22.7 Å². The lowest BCUT2D eigenvalue weighted by atomic mass is 10.2. The first-order chi connectivity index (χ1) is 12.9. The number of aromatic nitrogens is 2. The van der Waals surface area contributed by atoms with Crippen LogP contribution in [0.2, 0.25) is 0 Å². The van der Waals surface area contributed by atoms with Crippen molar-refractivity contribution in [3.63, 3.8) is 0 Å². The van der Waals surface area contributed by atoms with E-state index in [2.05, 4.69) is 70.6 Å². The molecule has 6 aromatic rings. The van der Waals surface area contributed by atoms with Gasteiger partial charge in [0.2, 0.25) is 0 Å². The standard InChI is InChI=1S/2C11H7NS/c2*1-2-5-9-8(4-1)11-10(13-9)6-3-7-12-11/h2*1-7H. The van der Waals surface area contributed by atoms with Crippen molar-refractivity contribution in [2.75, 3.05) is 0 Å². The molecule has 4 heterocycles. The molecule has 0 saturated carbocycles. The Labute approximate surface area is 158 Å². The van der Waals surface area contributed by atoms with Crippen molar-refractivity contribution in [1.82, 2.24) is 9.97 Å². The molecule has 0 unspecified atom stereocenters. The highest BCUT2D eigenvalue weighted by atomic mass is 32.1. The van der Waals surface area contributed by atoms with Crippen LogP contribution < -0.4 is 0 Å². The number of hydrogen-bond donors (Lipinski definition) is 0. The third-order valence-corrected chi connectivity index (χ3v) is 6.52. The Morgan fingerprint density at radius 1 is 0.462 bits per heavy atom. The Morgan fingerprint density at radius 3 is 1.38 bits per heavy atom. The van der Waals surface area contributed by atoms with Gasteiger partial charge in [-0.3, -0.25) is 9.97 Å². The van der Waals surface area contributed by atoms with Gasteiger partial charge in [-0.1, -0.05) is 36.4 Å². The predicted octanol–water partition coefficient (Wildman–Crippen LogP) is 6.90. The van der Waals surface area contributed by atoms with E-state index in [0.717, 1.165) is 11.0 Å². The zero-order valence-electron chi connectivity index (χ0n) is 13.8. The number of nitrogens with zero attached hydrogens (tertiary/aromatic N) is 2. The molecular weight excluding hydrogens is 356 g/mol. The van der Waals surface area contributed by atoms with Gasteiger partial charge in [0.1, 0.15) is 0 Å². The molecule has 0 aliphatic heterocycles. The van der Waals surface area contributed by atoms with Crippen LogP contribution in [0, 0.1) is 0 Å². The summed E-state index contributed by atoms with van der Waals surface area (Å²) in [5.41, 5.74) is 2.26. The van der Waals surface area contributed by atoms with E-state index in [9.17, 15) is 0 Å². The predicted molar refractivity (Wildman–Crippen MR) is 114 cm³/mol. The van der Waals surface area contributed by atoms with Gasteiger partial charge in [-0.2, -0.15) is 0 Å². The zero-order valence-corrected chi connectivity index (χ0v) is 15.4. The molecular formula is C22H14N2S2. The van der Waals surface area contributed by atoms with Crippen LogP contribution in [0.25, 0.3) is 40.6 Å². The van der Waals surface area contributed by atoms with E-state index in [1.54, 1.807) is 22.7 Å². The maximum Gasteiger partial charge on any atom is 0.0888 e. The SMILES string of the molecule is c1ccc2c(c1)sc1cccnc12.c1ccc2c(c1)sc1cccnc12. The molecule has 26 heavy (non-hydrogen) atoms. The summed E-state index contributed by atoms with van der Waals surface area (Å²) in [6.45, 7) is 0. The molecule has 2 aromatic carbocycles. The van der Waals surface area contributed by atoms with Crippen LogP contribution in [-0.2, 0) is 0 Å². The van der Waals surface area contributed by atoms with Gasteiger partial charge in [-0.25, -0.2) is 0 Å². The van der Waals surface area contributed by atoms with Crippen molar-refractivity contribution in [2.24, 2.45) is 0 Å². The number of benzene rings is 2. The summed E-state index contributed by atoms with van der Waals surface area (Å²) in [6.07, 6.45) is 3.70. The van der Waals surface area contributed by atoms with Crippen molar-refractivity contribution < 1.29 is 0 Å². The average molecular weight is 371 g/mol. The van der Waals surface area contributed by atoms with Crippen molar-refractivity contribution >= 4 is 63.3 Å². The summed E-state index contributed by atoms with van der Waals surface area (Å²) < 4.78 is 5.17. The third-order valence-electron chi connectivity index (χ3n) is 4.27. The maximum atomic E-state index is 4.38. The van der Waals surface area contributed by atoms with Gasteiger partial charge >= 0.3 is 0 Å². The first kappa shape index (κ1) is 15.4. The molecule has 124 valence electrons. The smallest absolute Gasteiger partial charge is 0.0888 e. The molecule has 2 nitrogen and oxygen atoms in total. The van der Waals surface area contributed by atoms with E-state index in [1.165, 1.54) is 29.6 Å². The van der Waals surface area contributed by atoms with Gasteiger partial charge in [0.05, 0.1) is 20.4 Å². The Hall–Kier alpha value is -2.82. The fourth-order valence-electron chi connectivity index (χ4n) is 3.09. The highest BCUT2D eigenvalue weighted by Crippen LogP contribution is 2.32. The van der Waals surface area contributed by atoms with E-state index in [-0.39, 0.29) is 0 Å². The van der Waals surface area contributed by atoms with Gasteiger partial charge in [0.15, 0.2) is 0 Å². The summed E-state index contributed by atoms with van der Waals surface area (Å²) in [4.78, 5) is 8.76. The lowest BCUT2D eigenvalue weighted by molar-refractivity contribution is 1.44. The fraction of sp³-hybridized carbons (Fsp3) is 0. The summed E-state index contributed by atoms with van der Waals surface area (Å²) in [5.74, 6) is 0. The van der Waals surface area contributed by atoms with Crippen LogP contribution in [-0.4, -0.2) is 9.97 Å². The van der Waals surface area contributed by atoms with Crippen molar-refractivity contribution in [2.45, 2.75) is 0 Å². The molecule has 0 bridgehead atoms. The van der Waals surface area contributed by atoms with E-state index >= 15 is 0 Å². The summed E-state index contributed by atoms with van der Waals surface area (Å²) in [7, 11) is 0. The second kappa shape index (κ2) is 6.48. The molecule has 0 saturated heterocycles. The molecule has 0 radical (unpaired) electrons. The highest BCUT2D eigenvalue weighted by Gasteiger charge is 2.03. The molecule has 6 rings (SSSR count). The van der Waals surface area contributed by atoms with E-state index in [1.807, 2.05) is 24.5 Å². The van der Waals surface area contributed by atoms with E-state index in [4.69, 9.17) is 0 Å². The molecule has 0 fully saturated rings. The fourth-order valence-corrected chi connectivity index (χ4v) is 5.22. The number of pyridine rings is 2. The Kier molecular flexibility index (Phi) is 3.85. The third kappa shape index (κ3) is 2.64. The topological polar surface area (TPSA) is 25.8 Å². The minimum Gasteiger partial charge on any atom is -0.255 e. The molecule has 0 atom stereocenters. The molecule has 4 heteroatoms. The van der Waals surface area contributed by atoms with Crippen LogP contribution in [0.4, 0.5) is 0 Å². The van der Waals surface area contributed by atoms with Crippen molar-refractivity contribution in [3.05, 3.63) is 85.2 Å².